The van der Waals surface area contributed by atoms with Crippen molar-refractivity contribution in [2.45, 2.75) is 26.5 Å². The molecule has 3 aromatic rings. The molecule has 0 unspecified atom stereocenters. The molecular formula is C20H21N5O3. The third-order valence-corrected chi connectivity index (χ3v) is 4.05. The van der Waals surface area contributed by atoms with Crippen LogP contribution in [0.2, 0.25) is 0 Å². The van der Waals surface area contributed by atoms with E-state index in [2.05, 4.69) is 20.8 Å². The molecule has 0 atom stereocenters. The maximum atomic E-state index is 12.2. The number of carbonyl (C=O) groups excluding carboxylic acids is 2. The topological polar surface area (TPSA) is 99.0 Å². The summed E-state index contributed by atoms with van der Waals surface area (Å²) in [6, 6.07) is 17.1. The maximum Gasteiger partial charge on any atom is 0.325 e. The molecule has 1 heterocycles. The zero-order valence-corrected chi connectivity index (χ0v) is 15.5. The van der Waals surface area contributed by atoms with Crippen LogP contribution in [0.4, 0.5) is 0 Å². The second-order valence-corrected chi connectivity index (χ2v) is 6.10. The van der Waals surface area contributed by atoms with Crippen molar-refractivity contribution in [1.29, 1.82) is 0 Å². The van der Waals surface area contributed by atoms with E-state index < -0.39 is 5.97 Å². The number of ether oxygens (including phenoxy) is 1. The van der Waals surface area contributed by atoms with Crippen molar-refractivity contribution >= 4 is 11.9 Å². The van der Waals surface area contributed by atoms with Gasteiger partial charge in [0.15, 0.2) is 12.4 Å². The number of tetrazole rings is 1. The number of carbonyl (C=O) groups is 2. The van der Waals surface area contributed by atoms with Crippen LogP contribution in [0.1, 0.15) is 29.5 Å². The van der Waals surface area contributed by atoms with Gasteiger partial charge in [-0.3, -0.25) is 9.59 Å². The van der Waals surface area contributed by atoms with Gasteiger partial charge in [0.1, 0.15) is 6.54 Å². The highest BCUT2D eigenvalue weighted by molar-refractivity contribution is 5.96. The number of benzene rings is 2. The molecule has 144 valence electrons. The Bertz CT molecular complexity index is 923. The van der Waals surface area contributed by atoms with E-state index in [-0.39, 0.29) is 19.1 Å². The highest BCUT2D eigenvalue weighted by Gasteiger charge is 2.12. The molecule has 3 rings (SSSR count). The van der Waals surface area contributed by atoms with Crippen LogP contribution in [0.5, 0.6) is 0 Å². The van der Waals surface area contributed by atoms with Crippen molar-refractivity contribution in [3.05, 3.63) is 66.0 Å². The Kier molecular flexibility index (Phi) is 6.46. The Balaban J connectivity index is 1.48. The maximum absolute atomic E-state index is 12.2. The van der Waals surface area contributed by atoms with Crippen molar-refractivity contribution in [2.24, 2.45) is 0 Å². The first-order valence-corrected chi connectivity index (χ1v) is 9.01. The largest absolute Gasteiger partial charge is 0.456 e. The molecule has 0 aliphatic rings. The van der Waals surface area contributed by atoms with Gasteiger partial charge in [0.05, 0.1) is 0 Å². The lowest BCUT2D eigenvalue weighted by atomic mass is 10.0. The van der Waals surface area contributed by atoms with Crippen LogP contribution in [-0.2, 0) is 22.7 Å². The zero-order chi connectivity index (χ0) is 19.8. The van der Waals surface area contributed by atoms with Crippen molar-refractivity contribution in [3.8, 4) is 11.1 Å². The van der Waals surface area contributed by atoms with Crippen LogP contribution in [0, 0.1) is 0 Å². The predicted octanol–water partition coefficient (Wildman–Crippen LogP) is 2.22. The highest BCUT2D eigenvalue weighted by atomic mass is 16.5. The van der Waals surface area contributed by atoms with E-state index in [1.54, 1.807) is 16.8 Å². The summed E-state index contributed by atoms with van der Waals surface area (Å²) in [6.45, 7) is 2.39. The van der Waals surface area contributed by atoms with E-state index in [0.717, 1.165) is 17.5 Å². The molecule has 0 aliphatic carbocycles. The van der Waals surface area contributed by atoms with Gasteiger partial charge in [0.25, 0.3) is 5.91 Å². The van der Waals surface area contributed by atoms with Crippen LogP contribution in [0.15, 0.2) is 54.6 Å². The summed E-state index contributed by atoms with van der Waals surface area (Å²) in [7, 11) is 0. The van der Waals surface area contributed by atoms with E-state index in [1.807, 2.05) is 49.4 Å². The van der Waals surface area contributed by atoms with Gasteiger partial charge in [-0.05, 0) is 40.1 Å². The van der Waals surface area contributed by atoms with E-state index in [1.165, 1.54) is 0 Å². The fourth-order valence-corrected chi connectivity index (χ4v) is 2.61. The van der Waals surface area contributed by atoms with Gasteiger partial charge in [-0.15, -0.1) is 5.10 Å². The van der Waals surface area contributed by atoms with Crippen LogP contribution in [0.25, 0.3) is 11.1 Å². The summed E-state index contributed by atoms with van der Waals surface area (Å²) < 4.78 is 6.70. The Morgan fingerprint density at radius 3 is 2.46 bits per heavy atom. The van der Waals surface area contributed by atoms with Gasteiger partial charge in [-0.1, -0.05) is 49.4 Å². The van der Waals surface area contributed by atoms with Gasteiger partial charge >= 0.3 is 5.97 Å². The lowest BCUT2D eigenvalue weighted by Crippen LogP contribution is -2.30. The number of hydrogen-bond acceptors (Lipinski definition) is 6. The minimum atomic E-state index is -0.555. The number of hydrogen-bond donors (Lipinski definition) is 1. The molecule has 0 saturated heterocycles. The monoisotopic (exact) mass is 379 g/mol. The molecule has 0 saturated carbocycles. The van der Waals surface area contributed by atoms with Gasteiger partial charge in [-0.25, -0.2) is 4.68 Å². The molecule has 0 bridgehead atoms. The number of rotatable bonds is 8. The van der Waals surface area contributed by atoms with Crippen molar-refractivity contribution in [3.63, 3.8) is 0 Å². The number of aryl methyl sites for hydroxylation is 1. The Morgan fingerprint density at radius 1 is 1.04 bits per heavy atom. The third kappa shape index (κ3) is 5.00. The summed E-state index contributed by atoms with van der Waals surface area (Å²) in [5, 5.41) is 13.8. The molecule has 1 N–H and O–H groups in total. The Labute approximate surface area is 162 Å². The summed E-state index contributed by atoms with van der Waals surface area (Å²) in [6.07, 6.45) is 0.866. The second-order valence-electron chi connectivity index (χ2n) is 6.10. The number of aromatic nitrogens is 4. The SMILES string of the molecule is CCCn1nnnc1COC(=O)CNC(=O)c1ccc(-c2ccccc2)cc1. The van der Waals surface area contributed by atoms with E-state index in [0.29, 0.717) is 17.9 Å². The summed E-state index contributed by atoms with van der Waals surface area (Å²) in [4.78, 5) is 24.1. The number of amides is 1. The molecule has 0 aliphatic heterocycles. The second kappa shape index (κ2) is 9.40. The molecule has 2 aromatic carbocycles. The molecule has 8 heteroatoms. The van der Waals surface area contributed by atoms with Crippen LogP contribution in [-0.4, -0.2) is 38.6 Å². The first kappa shape index (κ1) is 19.2. The summed E-state index contributed by atoms with van der Waals surface area (Å²) in [5.41, 5.74) is 2.56. The normalized spacial score (nSPS) is 10.5. The lowest BCUT2D eigenvalue weighted by Gasteiger charge is -2.07. The van der Waals surface area contributed by atoms with Crippen LogP contribution < -0.4 is 5.32 Å². The Hall–Kier alpha value is -3.55. The smallest absolute Gasteiger partial charge is 0.325 e. The Morgan fingerprint density at radius 2 is 1.75 bits per heavy atom. The van der Waals surface area contributed by atoms with Crippen molar-refractivity contribution < 1.29 is 14.3 Å². The standard InChI is InChI=1S/C20H21N5O3/c1-2-12-25-18(22-23-24-25)14-28-19(26)13-21-20(27)17-10-8-16(9-11-17)15-6-4-3-5-7-15/h3-11H,2,12-14H2,1H3,(H,21,27). The van der Waals surface area contributed by atoms with Gasteiger partial charge in [0, 0.05) is 12.1 Å². The average molecular weight is 379 g/mol. The minimum absolute atomic E-state index is 0.0342. The minimum Gasteiger partial charge on any atom is -0.456 e. The van der Waals surface area contributed by atoms with Crippen molar-refractivity contribution in [1.82, 2.24) is 25.5 Å². The molecule has 28 heavy (non-hydrogen) atoms. The first-order valence-electron chi connectivity index (χ1n) is 9.01. The van der Waals surface area contributed by atoms with Crippen LogP contribution >= 0.6 is 0 Å². The number of nitrogens with zero attached hydrogens (tertiary/aromatic N) is 4. The molecule has 1 amide bonds. The van der Waals surface area contributed by atoms with Gasteiger partial charge < -0.3 is 10.1 Å². The molecule has 1 aromatic heterocycles. The molecule has 0 spiro atoms. The van der Waals surface area contributed by atoms with E-state index in [4.69, 9.17) is 4.74 Å². The third-order valence-electron chi connectivity index (χ3n) is 4.05. The van der Waals surface area contributed by atoms with Gasteiger partial charge in [0.2, 0.25) is 0 Å². The highest BCUT2D eigenvalue weighted by Crippen LogP contribution is 2.19. The van der Waals surface area contributed by atoms with E-state index >= 15 is 0 Å². The fraction of sp³-hybridized carbons (Fsp3) is 0.250. The summed E-state index contributed by atoms with van der Waals surface area (Å²) in [5.74, 6) is -0.425. The quantitative estimate of drug-likeness (QED) is 0.603. The lowest BCUT2D eigenvalue weighted by molar-refractivity contribution is -0.144. The van der Waals surface area contributed by atoms with Gasteiger partial charge in [-0.2, -0.15) is 0 Å². The van der Waals surface area contributed by atoms with E-state index in [9.17, 15) is 9.59 Å². The molecule has 8 nitrogen and oxygen atoms in total. The molecule has 0 radical (unpaired) electrons. The average Bonchev–Trinajstić information content (AvgIpc) is 3.18. The molecule has 0 fully saturated rings. The predicted molar refractivity (Wildman–Crippen MR) is 102 cm³/mol. The summed E-state index contributed by atoms with van der Waals surface area (Å²) >= 11 is 0. The fourth-order valence-electron chi connectivity index (χ4n) is 2.61. The number of esters is 1. The van der Waals surface area contributed by atoms with Crippen LogP contribution in [0.3, 0.4) is 0 Å². The zero-order valence-electron chi connectivity index (χ0n) is 15.5. The first-order chi connectivity index (χ1) is 13.7. The number of nitrogens with one attached hydrogen (secondary N) is 1. The van der Waals surface area contributed by atoms with Crippen molar-refractivity contribution in [2.75, 3.05) is 6.54 Å². The molecular weight excluding hydrogens is 358 g/mol.